The van der Waals surface area contributed by atoms with Gasteiger partial charge in [-0.05, 0) is 31.2 Å². The molecule has 0 radical (unpaired) electrons. The number of fused-ring (bicyclic) bond motifs is 1. The first-order chi connectivity index (χ1) is 7.20. The summed E-state index contributed by atoms with van der Waals surface area (Å²) in [5.41, 5.74) is 6.31. The molecular weight excluding hydrogens is 276 g/mol. The number of nitrogens with two attached hydrogens (primary N) is 1. The van der Waals surface area contributed by atoms with Gasteiger partial charge in [0.05, 0.1) is 10.2 Å². The first-order valence-electron chi connectivity index (χ1n) is 4.65. The molecule has 2 aromatic rings. The number of benzene rings is 1. The van der Waals surface area contributed by atoms with Crippen LogP contribution in [0.4, 0.5) is 0 Å². The van der Waals surface area contributed by atoms with Crippen LogP contribution in [0.25, 0.3) is 10.2 Å². The fraction of sp³-hybridized carbons (Fsp3) is 0.300. The minimum absolute atomic E-state index is 0.473. The van der Waals surface area contributed by atoms with Crippen LogP contribution in [0, 0.1) is 0 Å². The number of aliphatic hydroxyl groups is 1. The van der Waals surface area contributed by atoms with E-state index in [0.29, 0.717) is 13.0 Å². The molecule has 1 unspecified atom stereocenters. The molecule has 1 aromatic carbocycles. The fourth-order valence-electron chi connectivity index (χ4n) is 1.34. The Morgan fingerprint density at radius 3 is 3.07 bits per heavy atom. The second-order valence-corrected chi connectivity index (χ2v) is 5.24. The average Bonchev–Trinajstić information content (AvgIpc) is 2.60. The molecule has 0 fully saturated rings. The SMILES string of the molecule is NCCC(O)c1nc2cc(Br)ccc2s1. The van der Waals surface area contributed by atoms with E-state index in [1.807, 2.05) is 18.2 Å². The van der Waals surface area contributed by atoms with Crippen molar-refractivity contribution in [1.29, 1.82) is 0 Å². The van der Waals surface area contributed by atoms with Gasteiger partial charge in [0.1, 0.15) is 11.1 Å². The number of rotatable bonds is 3. The van der Waals surface area contributed by atoms with Gasteiger partial charge in [-0.2, -0.15) is 0 Å². The van der Waals surface area contributed by atoms with E-state index in [0.717, 1.165) is 19.7 Å². The largest absolute Gasteiger partial charge is 0.386 e. The molecule has 2 rings (SSSR count). The molecule has 0 saturated carbocycles. The molecule has 1 aromatic heterocycles. The molecule has 0 amide bonds. The lowest BCUT2D eigenvalue weighted by Crippen LogP contribution is -2.06. The number of thiazole rings is 1. The van der Waals surface area contributed by atoms with Crippen molar-refractivity contribution in [3.8, 4) is 0 Å². The lowest BCUT2D eigenvalue weighted by molar-refractivity contribution is 0.170. The van der Waals surface area contributed by atoms with E-state index in [4.69, 9.17) is 5.73 Å². The Morgan fingerprint density at radius 1 is 1.53 bits per heavy atom. The van der Waals surface area contributed by atoms with E-state index in [-0.39, 0.29) is 0 Å². The number of halogens is 1. The Morgan fingerprint density at radius 2 is 2.33 bits per heavy atom. The zero-order chi connectivity index (χ0) is 10.8. The summed E-state index contributed by atoms with van der Waals surface area (Å²) in [6, 6.07) is 5.92. The normalized spacial score (nSPS) is 13.3. The minimum atomic E-state index is -0.536. The molecule has 0 saturated heterocycles. The van der Waals surface area contributed by atoms with Crippen LogP contribution in [0.2, 0.25) is 0 Å². The van der Waals surface area contributed by atoms with Crippen LogP contribution in [0.5, 0.6) is 0 Å². The lowest BCUT2D eigenvalue weighted by Gasteiger charge is -2.03. The topological polar surface area (TPSA) is 59.1 Å². The van der Waals surface area contributed by atoms with Crippen LogP contribution in [-0.4, -0.2) is 16.6 Å². The maximum atomic E-state index is 9.75. The van der Waals surface area contributed by atoms with Crippen molar-refractivity contribution in [2.24, 2.45) is 5.73 Å². The first-order valence-corrected chi connectivity index (χ1v) is 6.26. The predicted octanol–water partition coefficient (Wildman–Crippen LogP) is 2.44. The molecule has 0 bridgehead atoms. The summed E-state index contributed by atoms with van der Waals surface area (Å²) in [6.45, 7) is 0.473. The van der Waals surface area contributed by atoms with E-state index in [1.54, 1.807) is 0 Å². The Labute approximate surface area is 100 Å². The van der Waals surface area contributed by atoms with Gasteiger partial charge in [-0.3, -0.25) is 0 Å². The summed E-state index contributed by atoms with van der Waals surface area (Å²) in [5.74, 6) is 0. The molecule has 1 atom stereocenters. The van der Waals surface area contributed by atoms with Gasteiger partial charge in [0, 0.05) is 4.47 Å². The number of hydrogen-bond acceptors (Lipinski definition) is 4. The van der Waals surface area contributed by atoms with Crippen molar-refractivity contribution in [3.05, 3.63) is 27.7 Å². The average molecular weight is 287 g/mol. The van der Waals surface area contributed by atoms with Crippen LogP contribution >= 0.6 is 27.3 Å². The van der Waals surface area contributed by atoms with Crippen molar-refractivity contribution in [2.45, 2.75) is 12.5 Å². The van der Waals surface area contributed by atoms with Gasteiger partial charge in [-0.25, -0.2) is 4.98 Å². The number of hydrogen-bond donors (Lipinski definition) is 2. The highest BCUT2D eigenvalue weighted by Crippen LogP contribution is 2.29. The summed E-state index contributed by atoms with van der Waals surface area (Å²) in [5, 5.41) is 10.5. The quantitative estimate of drug-likeness (QED) is 0.911. The second kappa shape index (κ2) is 4.57. The molecule has 0 aliphatic rings. The third-order valence-electron chi connectivity index (χ3n) is 2.09. The number of nitrogens with zero attached hydrogens (tertiary/aromatic N) is 1. The summed E-state index contributed by atoms with van der Waals surface area (Å²) >= 11 is 4.91. The molecule has 0 spiro atoms. The van der Waals surface area contributed by atoms with Crippen LogP contribution < -0.4 is 5.73 Å². The maximum absolute atomic E-state index is 9.75. The summed E-state index contributed by atoms with van der Waals surface area (Å²) in [4.78, 5) is 4.38. The van der Waals surface area contributed by atoms with Crippen molar-refractivity contribution < 1.29 is 5.11 Å². The smallest absolute Gasteiger partial charge is 0.123 e. The third-order valence-corrected chi connectivity index (χ3v) is 3.72. The van der Waals surface area contributed by atoms with Gasteiger partial charge in [0.15, 0.2) is 0 Å². The molecule has 0 aliphatic heterocycles. The Balaban J connectivity index is 2.38. The van der Waals surface area contributed by atoms with Crippen LogP contribution in [-0.2, 0) is 0 Å². The van der Waals surface area contributed by atoms with Crippen molar-refractivity contribution in [2.75, 3.05) is 6.54 Å². The third kappa shape index (κ3) is 2.36. The number of aliphatic hydroxyl groups excluding tert-OH is 1. The summed E-state index contributed by atoms with van der Waals surface area (Å²) in [6.07, 6.45) is 0.0206. The standard InChI is InChI=1S/C10H11BrN2OS/c11-6-1-2-9-7(5-6)13-10(15-9)8(14)3-4-12/h1-2,5,8,14H,3-4,12H2. The summed E-state index contributed by atoms with van der Waals surface area (Å²) < 4.78 is 2.09. The maximum Gasteiger partial charge on any atom is 0.123 e. The Kier molecular flexibility index (Phi) is 3.35. The monoisotopic (exact) mass is 286 g/mol. The molecule has 1 heterocycles. The highest BCUT2D eigenvalue weighted by atomic mass is 79.9. The van der Waals surface area contributed by atoms with Crippen molar-refractivity contribution >= 4 is 37.5 Å². The van der Waals surface area contributed by atoms with Crippen LogP contribution in [0.15, 0.2) is 22.7 Å². The first kappa shape index (κ1) is 11.0. The van der Waals surface area contributed by atoms with Crippen molar-refractivity contribution in [3.63, 3.8) is 0 Å². The zero-order valence-corrected chi connectivity index (χ0v) is 10.4. The molecule has 15 heavy (non-hydrogen) atoms. The van der Waals surface area contributed by atoms with Crippen LogP contribution in [0.3, 0.4) is 0 Å². The molecular formula is C10H11BrN2OS. The van der Waals surface area contributed by atoms with Gasteiger partial charge < -0.3 is 10.8 Å². The van der Waals surface area contributed by atoms with E-state index >= 15 is 0 Å². The fourth-order valence-corrected chi connectivity index (χ4v) is 2.66. The van der Waals surface area contributed by atoms with Crippen molar-refractivity contribution in [1.82, 2.24) is 4.98 Å². The second-order valence-electron chi connectivity index (χ2n) is 3.26. The summed E-state index contributed by atoms with van der Waals surface area (Å²) in [7, 11) is 0. The molecule has 5 heteroatoms. The van der Waals surface area contributed by atoms with Gasteiger partial charge in [0.2, 0.25) is 0 Å². The zero-order valence-electron chi connectivity index (χ0n) is 7.98. The van der Waals surface area contributed by atoms with Crippen LogP contribution in [0.1, 0.15) is 17.5 Å². The Hall–Kier alpha value is -0.490. The van der Waals surface area contributed by atoms with Gasteiger partial charge >= 0.3 is 0 Å². The highest BCUT2D eigenvalue weighted by Gasteiger charge is 2.12. The number of aromatic nitrogens is 1. The molecule has 3 N–H and O–H groups in total. The molecule has 0 aliphatic carbocycles. The van der Waals surface area contributed by atoms with E-state index in [2.05, 4.69) is 20.9 Å². The van der Waals surface area contributed by atoms with Gasteiger partial charge in [0.25, 0.3) is 0 Å². The predicted molar refractivity (Wildman–Crippen MR) is 66.0 cm³/mol. The van der Waals surface area contributed by atoms with E-state index in [1.165, 1.54) is 11.3 Å². The van der Waals surface area contributed by atoms with Gasteiger partial charge in [-0.1, -0.05) is 15.9 Å². The minimum Gasteiger partial charge on any atom is -0.386 e. The molecule has 80 valence electrons. The van der Waals surface area contributed by atoms with E-state index in [9.17, 15) is 5.11 Å². The molecule has 3 nitrogen and oxygen atoms in total. The van der Waals surface area contributed by atoms with E-state index < -0.39 is 6.10 Å². The van der Waals surface area contributed by atoms with Gasteiger partial charge in [-0.15, -0.1) is 11.3 Å². The highest BCUT2D eigenvalue weighted by molar-refractivity contribution is 9.10. The lowest BCUT2D eigenvalue weighted by atomic mass is 10.3. The Bertz CT molecular complexity index is 471.